The van der Waals surface area contributed by atoms with Crippen LogP contribution in [0.3, 0.4) is 0 Å². The lowest BCUT2D eigenvalue weighted by atomic mass is 10.2. The van der Waals surface area contributed by atoms with Crippen LogP contribution in [0, 0.1) is 0 Å². The predicted octanol–water partition coefficient (Wildman–Crippen LogP) is 0.0681. The molecule has 108 valence electrons. The quantitative estimate of drug-likeness (QED) is 0.730. The van der Waals surface area contributed by atoms with Gasteiger partial charge in [0, 0.05) is 13.5 Å². The molecule has 0 saturated carbocycles. The van der Waals surface area contributed by atoms with Crippen molar-refractivity contribution in [3.63, 3.8) is 0 Å². The first-order valence-corrected chi connectivity index (χ1v) is 6.22. The van der Waals surface area contributed by atoms with Crippen molar-refractivity contribution in [1.29, 1.82) is 0 Å². The zero-order valence-corrected chi connectivity index (χ0v) is 10.8. The Bertz CT molecular complexity index is 633. The number of nitrogens with two attached hydrogens (primary N) is 1. The van der Waals surface area contributed by atoms with Crippen LogP contribution in [0.1, 0.15) is 12.6 Å². The lowest BCUT2D eigenvalue weighted by Gasteiger charge is -2.15. The molecule has 20 heavy (non-hydrogen) atoms. The van der Waals surface area contributed by atoms with Gasteiger partial charge in [0.2, 0.25) is 5.95 Å². The molecule has 0 aliphatic carbocycles. The second kappa shape index (κ2) is 4.84. The summed E-state index contributed by atoms with van der Waals surface area (Å²) in [4.78, 5) is 12.3. The SMILES string of the molecule is CNc1nc(N)nc2c1ncn2[C@@H]1O[C@H](CO)C[C@@H]1F. The zero-order chi connectivity index (χ0) is 14.3. The van der Waals surface area contributed by atoms with Crippen LogP contribution in [0.2, 0.25) is 0 Å². The Morgan fingerprint density at radius 3 is 3.05 bits per heavy atom. The van der Waals surface area contributed by atoms with Crippen molar-refractivity contribution >= 4 is 22.9 Å². The molecule has 3 heterocycles. The summed E-state index contributed by atoms with van der Waals surface area (Å²) in [5, 5.41) is 11.9. The number of nitrogens with zero attached hydrogens (tertiary/aromatic N) is 4. The normalized spacial score (nSPS) is 26.2. The number of halogens is 1. The summed E-state index contributed by atoms with van der Waals surface area (Å²) >= 11 is 0. The molecule has 1 aliphatic rings. The van der Waals surface area contributed by atoms with E-state index in [-0.39, 0.29) is 19.0 Å². The Hall–Kier alpha value is -2.00. The first-order valence-electron chi connectivity index (χ1n) is 6.22. The van der Waals surface area contributed by atoms with E-state index in [1.165, 1.54) is 10.9 Å². The van der Waals surface area contributed by atoms with Crippen LogP contribution in [0.25, 0.3) is 11.2 Å². The van der Waals surface area contributed by atoms with E-state index in [1.807, 2.05) is 0 Å². The summed E-state index contributed by atoms with van der Waals surface area (Å²) in [6.07, 6.45) is -1.04. The Labute approximate surface area is 113 Å². The molecule has 9 heteroatoms. The van der Waals surface area contributed by atoms with Gasteiger partial charge in [0.15, 0.2) is 23.2 Å². The highest BCUT2D eigenvalue weighted by Crippen LogP contribution is 2.33. The second-order valence-electron chi connectivity index (χ2n) is 4.59. The third-order valence-electron chi connectivity index (χ3n) is 3.28. The second-order valence-corrected chi connectivity index (χ2v) is 4.59. The van der Waals surface area contributed by atoms with E-state index in [9.17, 15) is 4.39 Å². The number of aromatic nitrogens is 4. The van der Waals surface area contributed by atoms with Gasteiger partial charge in [0.05, 0.1) is 19.0 Å². The summed E-state index contributed by atoms with van der Waals surface area (Å²) in [6.45, 7) is -0.220. The van der Waals surface area contributed by atoms with Crippen LogP contribution >= 0.6 is 0 Å². The molecule has 0 aromatic carbocycles. The van der Waals surface area contributed by atoms with Crippen molar-refractivity contribution in [3.05, 3.63) is 6.33 Å². The van der Waals surface area contributed by atoms with Crippen LogP contribution in [0.4, 0.5) is 16.2 Å². The molecule has 2 aromatic rings. The van der Waals surface area contributed by atoms with Gasteiger partial charge in [0.25, 0.3) is 0 Å². The molecule has 3 atom stereocenters. The van der Waals surface area contributed by atoms with Crippen LogP contribution < -0.4 is 11.1 Å². The van der Waals surface area contributed by atoms with Gasteiger partial charge >= 0.3 is 0 Å². The Balaban J connectivity index is 2.07. The molecule has 0 bridgehead atoms. The number of nitrogen functional groups attached to an aromatic ring is 1. The zero-order valence-electron chi connectivity index (χ0n) is 10.8. The van der Waals surface area contributed by atoms with E-state index < -0.39 is 18.5 Å². The highest BCUT2D eigenvalue weighted by molar-refractivity contribution is 5.84. The van der Waals surface area contributed by atoms with E-state index in [0.29, 0.717) is 17.0 Å². The number of rotatable bonds is 3. The summed E-state index contributed by atoms with van der Waals surface area (Å²) in [5.74, 6) is 0.536. The van der Waals surface area contributed by atoms with Crippen molar-refractivity contribution in [3.8, 4) is 0 Å². The molecule has 1 saturated heterocycles. The smallest absolute Gasteiger partial charge is 0.224 e. The maximum absolute atomic E-state index is 14.0. The number of alkyl halides is 1. The van der Waals surface area contributed by atoms with Crippen LogP contribution in [0.5, 0.6) is 0 Å². The Morgan fingerprint density at radius 1 is 1.60 bits per heavy atom. The van der Waals surface area contributed by atoms with Gasteiger partial charge in [-0.3, -0.25) is 4.57 Å². The molecule has 8 nitrogen and oxygen atoms in total. The number of hydrogen-bond acceptors (Lipinski definition) is 7. The molecule has 4 N–H and O–H groups in total. The highest BCUT2D eigenvalue weighted by Gasteiger charge is 2.37. The maximum atomic E-state index is 14.0. The van der Waals surface area contributed by atoms with Crippen molar-refractivity contribution < 1.29 is 14.2 Å². The molecular formula is C11H15FN6O2. The third-order valence-corrected chi connectivity index (χ3v) is 3.28. The van der Waals surface area contributed by atoms with Gasteiger partial charge in [-0.15, -0.1) is 0 Å². The number of aliphatic hydroxyl groups excluding tert-OH is 1. The Kier molecular flexibility index (Phi) is 3.14. The van der Waals surface area contributed by atoms with E-state index in [0.717, 1.165) is 0 Å². The van der Waals surface area contributed by atoms with Gasteiger partial charge in [-0.2, -0.15) is 9.97 Å². The maximum Gasteiger partial charge on any atom is 0.224 e. The molecule has 0 unspecified atom stereocenters. The number of ether oxygens (including phenoxy) is 1. The lowest BCUT2D eigenvalue weighted by Crippen LogP contribution is -2.17. The monoisotopic (exact) mass is 282 g/mol. The van der Waals surface area contributed by atoms with E-state index in [1.54, 1.807) is 7.05 Å². The Morgan fingerprint density at radius 2 is 2.40 bits per heavy atom. The molecule has 1 aliphatic heterocycles. The number of aliphatic hydroxyl groups is 1. The molecular weight excluding hydrogens is 267 g/mol. The van der Waals surface area contributed by atoms with Gasteiger partial charge in [-0.1, -0.05) is 0 Å². The number of hydrogen-bond donors (Lipinski definition) is 3. The fourth-order valence-electron chi connectivity index (χ4n) is 2.36. The molecule has 0 amide bonds. The highest BCUT2D eigenvalue weighted by atomic mass is 19.1. The fraction of sp³-hybridized carbons (Fsp3) is 0.545. The molecule has 0 spiro atoms. The summed E-state index contributed by atoms with van der Waals surface area (Å²) in [5.41, 5.74) is 6.52. The van der Waals surface area contributed by atoms with Crippen molar-refractivity contribution in [2.24, 2.45) is 0 Å². The van der Waals surface area contributed by atoms with Crippen LogP contribution in [-0.4, -0.2) is 50.6 Å². The minimum Gasteiger partial charge on any atom is -0.394 e. The van der Waals surface area contributed by atoms with Gasteiger partial charge < -0.3 is 20.9 Å². The van der Waals surface area contributed by atoms with Crippen LogP contribution in [0.15, 0.2) is 6.33 Å². The van der Waals surface area contributed by atoms with E-state index in [2.05, 4.69) is 20.3 Å². The third kappa shape index (κ3) is 1.95. The lowest BCUT2D eigenvalue weighted by molar-refractivity contribution is -0.0351. The first-order chi connectivity index (χ1) is 9.63. The van der Waals surface area contributed by atoms with Gasteiger partial charge in [0.1, 0.15) is 6.17 Å². The first kappa shape index (κ1) is 13.0. The topological polar surface area (TPSA) is 111 Å². The summed E-state index contributed by atoms with van der Waals surface area (Å²) in [7, 11) is 1.69. The van der Waals surface area contributed by atoms with E-state index >= 15 is 0 Å². The fourth-order valence-corrected chi connectivity index (χ4v) is 2.36. The number of fused-ring (bicyclic) bond motifs is 1. The number of nitrogens with one attached hydrogen (secondary N) is 1. The molecule has 1 fully saturated rings. The largest absolute Gasteiger partial charge is 0.394 e. The number of imidazole rings is 1. The van der Waals surface area contributed by atoms with Gasteiger partial charge in [-0.05, 0) is 0 Å². The minimum atomic E-state index is -1.24. The standard InChI is InChI=1S/C11H15FN6O2/c1-14-8-7-9(17-11(13)16-8)18(4-15-7)10-6(12)2-5(3-19)20-10/h4-6,10,19H,2-3H2,1H3,(H3,13,14,16,17)/t5-,6-,10+/m0/s1. The summed E-state index contributed by atoms with van der Waals surface area (Å²) in [6, 6.07) is 0. The molecule has 2 aromatic heterocycles. The van der Waals surface area contributed by atoms with Crippen LogP contribution in [-0.2, 0) is 4.74 Å². The number of anilines is 2. The van der Waals surface area contributed by atoms with Gasteiger partial charge in [-0.25, -0.2) is 9.37 Å². The van der Waals surface area contributed by atoms with E-state index in [4.69, 9.17) is 15.6 Å². The van der Waals surface area contributed by atoms with Crippen molar-refractivity contribution in [1.82, 2.24) is 19.5 Å². The minimum absolute atomic E-state index is 0.0655. The predicted molar refractivity (Wildman–Crippen MR) is 69.8 cm³/mol. The molecule has 3 rings (SSSR count). The molecule has 0 radical (unpaired) electrons. The average molecular weight is 282 g/mol. The van der Waals surface area contributed by atoms with Crippen molar-refractivity contribution in [2.75, 3.05) is 24.7 Å². The average Bonchev–Trinajstić information content (AvgIpc) is 3.00. The summed E-state index contributed by atoms with van der Waals surface area (Å²) < 4.78 is 21.0. The van der Waals surface area contributed by atoms with Crippen molar-refractivity contribution in [2.45, 2.75) is 24.9 Å².